The van der Waals surface area contributed by atoms with Gasteiger partial charge in [-0.05, 0) is 56.5 Å². The Morgan fingerprint density at radius 3 is 2.41 bits per heavy atom. The van der Waals surface area contributed by atoms with Gasteiger partial charge in [-0.1, -0.05) is 12.1 Å². The van der Waals surface area contributed by atoms with Gasteiger partial charge in [-0.15, -0.1) is 0 Å². The zero-order valence-corrected chi connectivity index (χ0v) is 13.9. The zero-order chi connectivity index (χ0) is 16.3. The van der Waals surface area contributed by atoms with Crippen molar-refractivity contribution in [1.82, 2.24) is 9.62 Å². The summed E-state index contributed by atoms with van der Waals surface area (Å²) in [4.78, 5) is 14.1. The summed E-state index contributed by atoms with van der Waals surface area (Å²) in [6, 6.07) is 6.66. The van der Waals surface area contributed by atoms with Crippen molar-refractivity contribution in [3.8, 4) is 0 Å². The molecule has 1 aromatic rings. The number of hydrogen-bond acceptors (Lipinski definition) is 3. The number of hydrogen-bond donors (Lipinski definition) is 1. The van der Waals surface area contributed by atoms with Crippen LogP contribution < -0.4 is 4.72 Å². The Labute approximate surface area is 132 Å². The lowest BCUT2D eigenvalue weighted by Gasteiger charge is -2.23. The van der Waals surface area contributed by atoms with E-state index >= 15 is 0 Å². The monoisotopic (exact) mass is 322 g/mol. The molecule has 1 aromatic carbocycles. The molecule has 0 aromatic heterocycles. The summed E-state index contributed by atoms with van der Waals surface area (Å²) in [5.41, 5.74) is 0.788. The predicted octanol–water partition coefficient (Wildman–Crippen LogP) is 1.86. The number of amides is 1. The number of nitrogens with one attached hydrogen (secondary N) is 1. The van der Waals surface area contributed by atoms with Crippen molar-refractivity contribution >= 4 is 22.0 Å². The van der Waals surface area contributed by atoms with E-state index in [0.29, 0.717) is 5.92 Å². The number of nitrogens with zero attached hydrogens (tertiary/aromatic N) is 1. The Morgan fingerprint density at radius 2 is 1.91 bits per heavy atom. The van der Waals surface area contributed by atoms with E-state index in [-0.39, 0.29) is 16.8 Å². The van der Waals surface area contributed by atoms with Gasteiger partial charge in [0.05, 0.1) is 4.90 Å². The molecule has 1 amide bonds. The Morgan fingerprint density at radius 1 is 1.32 bits per heavy atom. The van der Waals surface area contributed by atoms with E-state index < -0.39 is 10.0 Å². The molecule has 5 nitrogen and oxygen atoms in total. The van der Waals surface area contributed by atoms with Crippen molar-refractivity contribution in [2.24, 2.45) is 5.92 Å². The molecule has 0 aliphatic heterocycles. The Balaban J connectivity index is 2.02. The summed E-state index contributed by atoms with van der Waals surface area (Å²) in [5, 5.41) is 0. The highest BCUT2D eigenvalue weighted by Gasteiger charge is 2.31. The van der Waals surface area contributed by atoms with E-state index in [1.165, 1.54) is 38.1 Å². The van der Waals surface area contributed by atoms with Crippen molar-refractivity contribution in [2.75, 3.05) is 14.1 Å². The molecule has 0 radical (unpaired) electrons. The second kappa shape index (κ2) is 6.62. The van der Waals surface area contributed by atoms with E-state index in [4.69, 9.17) is 0 Å². The molecule has 2 rings (SSSR count). The number of benzene rings is 1. The topological polar surface area (TPSA) is 66.5 Å². The van der Waals surface area contributed by atoms with Gasteiger partial charge in [0, 0.05) is 19.2 Å². The van der Waals surface area contributed by atoms with Gasteiger partial charge in [-0.3, -0.25) is 4.79 Å². The highest BCUT2D eigenvalue weighted by atomic mass is 32.2. The lowest BCUT2D eigenvalue weighted by molar-refractivity contribution is -0.126. The molecular weight excluding hydrogens is 300 g/mol. The van der Waals surface area contributed by atoms with Crippen molar-refractivity contribution in [1.29, 1.82) is 0 Å². The summed E-state index contributed by atoms with van der Waals surface area (Å²) in [6.45, 7) is 2.07. The maximum absolute atomic E-state index is 12.1. The minimum atomic E-state index is -3.42. The molecule has 22 heavy (non-hydrogen) atoms. The fourth-order valence-electron chi connectivity index (χ4n) is 2.26. The highest BCUT2D eigenvalue weighted by molar-refractivity contribution is 7.89. The van der Waals surface area contributed by atoms with Gasteiger partial charge in [0.1, 0.15) is 0 Å². The highest BCUT2D eigenvalue weighted by Crippen LogP contribution is 2.34. The van der Waals surface area contributed by atoms with Crippen LogP contribution >= 0.6 is 0 Å². The predicted molar refractivity (Wildman–Crippen MR) is 86.7 cm³/mol. The van der Waals surface area contributed by atoms with Crippen LogP contribution in [-0.4, -0.2) is 39.4 Å². The molecule has 120 valence electrons. The summed E-state index contributed by atoms with van der Waals surface area (Å²) in [7, 11) is -0.231. The quantitative estimate of drug-likeness (QED) is 0.813. The number of carbonyl (C=O) groups excluding carboxylic acids is 1. The maximum atomic E-state index is 12.1. The van der Waals surface area contributed by atoms with Gasteiger partial charge in [-0.2, -0.15) is 0 Å². The maximum Gasteiger partial charge on any atom is 0.246 e. The summed E-state index contributed by atoms with van der Waals surface area (Å²) >= 11 is 0. The normalized spacial score (nSPS) is 16.7. The summed E-state index contributed by atoms with van der Waals surface area (Å²) in [6.07, 6.45) is 5.63. The number of carbonyl (C=O) groups is 1. The first kappa shape index (κ1) is 16.7. The molecule has 1 fully saturated rings. The van der Waals surface area contributed by atoms with Crippen molar-refractivity contribution in [3.63, 3.8) is 0 Å². The first-order valence-corrected chi connectivity index (χ1v) is 8.82. The largest absolute Gasteiger partial charge is 0.339 e. The average molecular weight is 322 g/mol. The fraction of sp³-hybridized carbons (Fsp3) is 0.438. The van der Waals surface area contributed by atoms with Gasteiger partial charge in [0.15, 0.2) is 0 Å². The van der Waals surface area contributed by atoms with E-state index in [2.05, 4.69) is 11.6 Å². The molecule has 0 saturated heterocycles. The van der Waals surface area contributed by atoms with Crippen molar-refractivity contribution in [3.05, 3.63) is 35.9 Å². The van der Waals surface area contributed by atoms with Crippen LogP contribution in [0.1, 0.15) is 25.3 Å². The van der Waals surface area contributed by atoms with Crippen LogP contribution in [0.5, 0.6) is 0 Å². The molecule has 1 saturated carbocycles. The smallest absolute Gasteiger partial charge is 0.246 e. The number of likely N-dealkylation sites (N-methyl/N-ethyl adjacent to an activating group) is 1. The molecule has 1 aliphatic carbocycles. The third kappa shape index (κ3) is 3.96. The third-order valence-corrected chi connectivity index (χ3v) is 5.57. The van der Waals surface area contributed by atoms with Gasteiger partial charge < -0.3 is 4.90 Å². The first-order valence-electron chi connectivity index (χ1n) is 7.33. The molecule has 0 bridgehead atoms. The van der Waals surface area contributed by atoms with Crippen LogP contribution in [-0.2, 0) is 14.8 Å². The van der Waals surface area contributed by atoms with E-state index in [1.54, 1.807) is 23.1 Å². The molecule has 1 atom stereocenters. The fourth-order valence-corrected chi connectivity index (χ4v) is 2.99. The SMILES string of the molecule is CNS(=O)(=O)c1ccc(/C=C/C(=O)N(C)C(C)C2CC2)cc1. The van der Waals surface area contributed by atoms with Gasteiger partial charge in [0.25, 0.3) is 0 Å². The second-order valence-electron chi connectivity index (χ2n) is 5.64. The number of sulfonamides is 1. The minimum absolute atomic E-state index is 0.0358. The van der Waals surface area contributed by atoms with Crippen LogP contribution in [0, 0.1) is 5.92 Å². The Bertz CT molecular complexity index is 661. The standard InChI is InChI=1S/C16H22N2O3S/c1-12(14-7-8-14)18(3)16(19)11-6-13-4-9-15(10-5-13)22(20,21)17-2/h4-6,9-12,14,17H,7-8H2,1-3H3/b11-6+. The average Bonchev–Trinajstić information content (AvgIpc) is 3.36. The summed E-state index contributed by atoms with van der Waals surface area (Å²) < 4.78 is 25.5. The summed E-state index contributed by atoms with van der Waals surface area (Å²) in [5.74, 6) is 0.597. The molecule has 0 heterocycles. The second-order valence-corrected chi connectivity index (χ2v) is 7.52. The van der Waals surface area contributed by atoms with Gasteiger partial charge in [0.2, 0.25) is 15.9 Å². The third-order valence-electron chi connectivity index (χ3n) is 4.14. The Hall–Kier alpha value is -1.66. The van der Waals surface area contributed by atoms with Crippen LogP contribution in [0.3, 0.4) is 0 Å². The Kier molecular flexibility index (Phi) is 5.03. The van der Waals surface area contributed by atoms with E-state index in [1.807, 2.05) is 7.05 Å². The molecule has 1 unspecified atom stereocenters. The van der Waals surface area contributed by atoms with Crippen LogP contribution in [0.4, 0.5) is 0 Å². The number of rotatable bonds is 6. The van der Waals surface area contributed by atoms with Crippen LogP contribution in [0.25, 0.3) is 6.08 Å². The van der Waals surface area contributed by atoms with Crippen molar-refractivity contribution in [2.45, 2.75) is 30.7 Å². The molecule has 6 heteroatoms. The van der Waals surface area contributed by atoms with E-state index in [9.17, 15) is 13.2 Å². The molecule has 1 N–H and O–H groups in total. The minimum Gasteiger partial charge on any atom is -0.339 e. The lowest BCUT2D eigenvalue weighted by atomic mass is 10.1. The van der Waals surface area contributed by atoms with Crippen LogP contribution in [0.2, 0.25) is 0 Å². The first-order chi connectivity index (χ1) is 10.3. The molecule has 0 spiro atoms. The molecular formula is C16H22N2O3S. The van der Waals surface area contributed by atoms with Crippen molar-refractivity contribution < 1.29 is 13.2 Å². The van der Waals surface area contributed by atoms with Gasteiger partial charge in [-0.25, -0.2) is 13.1 Å². The zero-order valence-electron chi connectivity index (χ0n) is 13.1. The van der Waals surface area contributed by atoms with Crippen LogP contribution in [0.15, 0.2) is 35.2 Å². The van der Waals surface area contributed by atoms with Gasteiger partial charge >= 0.3 is 0 Å². The van der Waals surface area contributed by atoms with E-state index in [0.717, 1.165) is 5.56 Å². The molecule has 1 aliphatic rings. The lowest BCUT2D eigenvalue weighted by Crippen LogP contribution is -2.35.